The molecule has 1 saturated heterocycles. The van der Waals surface area contributed by atoms with E-state index in [-0.39, 0.29) is 33.3 Å². The summed E-state index contributed by atoms with van der Waals surface area (Å²) in [6.45, 7) is 1.50. The number of urea groups is 1. The zero-order valence-electron chi connectivity index (χ0n) is 24.8. The average Bonchev–Trinajstić information content (AvgIpc) is 3.28. The minimum atomic E-state index is -5.67. The van der Waals surface area contributed by atoms with Gasteiger partial charge in [-0.15, -0.1) is 0 Å². The summed E-state index contributed by atoms with van der Waals surface area (Å²) in [6, 6.07) is 5.33. The molecule has 1 aliphatic heterocycles. The number of anilines is 2. The van der Waals surface area contributed by atoms with Crippen molar-refractivity contribution in [3.63, 3.8) is 0 Å². The number of pyridine rings is 2. The van der Waals surface area contributed by atoms with Crippen LogP contribution in [0, 0.1) is 5.82 Å². The van der Waals surface area contributed by atoms with Gasteiger partial charge in [-0.1, -0.05) is 6.92 Å². The van der Waals surface area contributed by atoms with E-state index >= 15 is 4.39 Å². The normalized spacial score (nSPS) is 15.2. The molecule has 2 aromatic heterocycles. The van der Waals surface area contributed by atoms with E-state index < -0.39 is 59.2 Å². The maximum absolute atomic E-state index is 16.2. The highest BCUT2D eigenvalue weighted by atomic mass is 19.4. The number of fused-ring (bicyclic) bond motifs is 1. The van der Waals surface area contributed by atoms with Crippen LogP contribution >= 0.6 is 0 Å². The molecule has 3 amide bonds. The predicted molar refractivity (Wildman–Crippen MR) is 151 cm³/mol. The van der Waals surface area contributed by atoms with Gasteiger partial charge in [0.2, 0.25) is 0 Å². The summed E-state index contributed by atoms with van der Waals surface area (Å²) in [6.07, 6.45) is -11.2. The lowest BCUT2D eigenvalue weighted by Gasteiger charge is -2.22. The van der Waals surface area contributed by atoms with Gasteiger partial charge < -0.3 is 18.9 Å². The number of hydrogen-bond acceptors (Lipinski definition) is 9. The van der Waals surface area contributed by atoms with Gasteiger partial charge in [-0.05, 0) is 36.8 Å². The van der Waals surface area contributed by atoms with Crippen molar-refractivity contribution in [2.75, 3.05) is 24.0 Å². The first-order chi connectivity index (χ1) is 22.6. The summed E-state index contributed by atoms with van der Waals surface area (Å²) in [4.78, 5) is 46.3. The summed E-state index contributed by atoms with van der Waals surface area (Å²) in [7, 11) is 2.83. The third-order valence-corrected chi connectivity index (χ3v) is 7.04. The van der Waals surface area contributed by atoms with Crippen molar-refractivity contribution in [2.24, 2.45) is 0 Å². The Balaban J connectivity index is 1.57. The van der Waals surface area contributed by atoms with Crippen LogP contribution in [0.5, 0.6) is 23.0 Å². The third kappa shape index (κ3) is 6.07. The minimum Gasteiger partial charge on any atom is -0.493 e. The fourth-order valence-electron chi connectivity index (χ4n) is 4.82. The Morgan fingerprint density at radius 2 is 1.60 bits per heavy atom. The number of hydrogen-bond donors (Lipinski definition) is 0. The molecule has 0 N–H and O–H groups in total. The van der Waals surface area contributed by atoms with Crippen LogP contribution in [0.1, 0.15) is 18.1 Å². The second-order valence-corrected chi connectivity index (χ2v) is 9.88. The molecular weight excluding hydrogens is 661 g/mol. The Morgan fingerprint density at radius 1 is 0.917 bits per heavy atom. The van der Waals surface area contributed by atoms with E-state index in [2.05, 4.69) is 14.7 Å². The Bertz CT molecular complexity index is 1930. The lowest BCUT2D eigenvalue weighted by molar-refractivity contribution is -0.204. The van der Waals surface area contributed by atoms with Crippen LogP contribution in [0.25, 0.3) is 10.9 Å². The van der Waals surface area contributed by atoms with Crippen LogP contribution in [0.2, 0.25) is 0 Å². The van der Waals surface area contributed by atoms with Crippen LogP contribution in [-0.2, 0) is 26.9 Å². The standard InChI is InChI=1S/C30H21F7N4O7/c1-4-16-20(47-21-7-8-39-18-11-23(46-3)22(45-2)10-17(18)21)6-5-19(24(16)31)41-25(42)26(48-27(43)30(35,36)37)40(28(41)44)15-9-14(12-38-13-15)29(32,33)34/h5-13,26H,4H2,1-3H3. The molecule has 2 aromatic carbocycles. The Labute approximate surface area is 265 Å². The number of ether oxygens (including phenoxy) is 4. The van der Waals surface area contributed by atoms with Crippen molar-refractivity contribution in [1.29, 1.82) is 0 Å². The van der Waals surface area contributed by atoms with Crippen LogP contribution in [0.15, 0.2) is 55.0 Å². The van der Waals surface area contributed by atoms with Gasteiger partial charge in [-0.2, -0.15) is 26.3 Å². The number of benzene rings is 2. The number of halogens is 7. The van der Waals surface area contributed by atoms with Crippen LogP contribution in [0.3, 0.4) is 0 Å². The molecule has 0 aliphatic carbocycles. The number of esters is 1. The van der Waals surface area contributed by atoms with Gasteiger partial charge in [0.25, 0.3) is 12.1 Å². The molecule has 0 bridgehead atoms. The Morgan fingerprint density at radius 3 is 2.23 bits per heavy atom. The molecule has 0 spiro atoms. The van der Waals surface area contributed by atoms with Crippen molar-refractivity contribution in [1.82, 2.24) is 9.97 Å². The number of aromatic nitrogens is 2. The zero-order valence-corrected chi connectivity index (χ0v) is 24.8. The number of nitrogens with zero attached hydrogens (tertiary/aromatic N) is 4. The van der Waals surface area contributed by atoms with E-state index in [4.69, 9.17) is 14.2 Å². The van der Waals surface area contributed by atoms with Gasteiger partial charge in [0.1, 0.15) is 11.5 Å². The van der Waals surface area contributed by atoms with Crippen molar-refractivity contribution in [3.8, 4) is 23.0 Å². The van der Waals surface area contributed by atoms with Crippen molar-refractivity contribution >= 4 is 40.2 Å². The lowest BCUT2D eigenvalue weighted by atomic mass is 10.1. The largest absolute Gasteiger partial charge is 0.493 e. The number of amides is 3. The molecule has 0 radical (unpaired) electrons. The zero-order chi connectivity index (χ0) is 35.1. The van der Waals surface area contributed by atoms with E-state index in [9.17, 15) is 40.7 Å². The molecule has 18 heteroatoms. The average molecular weight is 683 g/mol. The maximum atomic E-state index is 16.2. The lowest BCUT2D eigenvalue weighted by Crippen LogP contribution is -2.42. The van der Waals surface area contributed by atoms with Crippen molar-refractivity contribution in [2.45, 2.75) is 31.9 Å². The SMILES string of the molecule is CCc1c(Oc2ccnc3cc(OC)c(OC)cc23)ccc(N2C(=O)C(OC(=O)C(F)(F)F)N(c3cncc(C(F)(F)F)c3)C2=O)c1F. The first kappa shape index (κ1) is 33.7. The summed E-state index contributed by atoms with van der Waals surface area (Å²) >= 11 is 0. The van der Waals surface area contributed by atoms with E-state index in [1.54, 1.807) is 12.1 Å². The van der Waals surface area contributed by atoms with Gasteiger partial charge in [-0.25, -0.2) is 23.8 Å². The summed E-state index contributed by atoms with van der Waals surface area (Å²) in [5.74, 6) is -5.10. The molecular formula is C30H21F7N4O7. The molecule has 1 unspecified atom stereocenters. The number of carbonyl (C=O) groups is 3. The molecule has 252 valence electrons. The predicted octanol–water partition coefficient (Wildman–Crippen LogP) is 6.56. The molecule has 48 heavy (non-hydrogen) atoms. The Kier molecular flexibility index (Phi) is 8.77. The fraction of sp³-hybridized carbons (Fsp3) is 0.233. The van der Waals surface area contributed by atoms with E-state index in [0.29, 0.717) is 40.9 Å². The quantitative estimate of drug-likeness (QED) is 0.116. The van der Waals surface area contributed by atoms with Gasteiger partial charge in [0, 0.05) is 29.4 Å². The first-order valence-electron chi connectivity index (χ1n) is 13.6. The number of alkyl halides is 6. The van der Waals surface area contributed by atoms with Gasteiger partial charge in [0.15, 0.2) is 17.3 Å². The fourth-order valence-corrected chi connectivity index (χ4v) is 4.82. The monoisotopic (exact) mass is 682 g/mol. The van der Waals surface area contributed by atoms with Gasteiger partial charge >= 0.3 is 24.4 Å². The molecule has 11 nitrogen and oxygen atoms in total. The molecule has 4 aromatic rings. The van der Waals surface area contributed by atoms with Crippen LogP contribution in [-0.4, -0.2) is 54.5 Å². The van der Waals surface area contributed by atoms with Crippen LogP contribution in [0.4, 0.5) is 46.9 Å². The van der Waals surface area contributed by atoms with Crippen molar-refractivity contribution in [3.05, 3.63) is 71.9 Å². The van der Waals surface area contributed by atoms with E-state index in [1.165, 1.54) is 33.4 Å². The number of methoxy groups -OCH3 is 2. The molecule has 3 heterocycles. The van der Waals surface area contributed by atoms with E-state index in [1.807, 2.05) is 0 Å². The van der Waals surface area contributed by atoms with Gasteiger partial charge in [-0.3, -0.25) is 14.8 Å². The second-order valence-electron chi connectivity index (χ2n) is 9.88. The highest BCUT2D eigenvalue weighted by Crippen LogP contribution is 2.41. The number of carbonyl (C=O) groups excluding carboxylic acids is 3. The number of imide groups is 1. The second kappa shape index (κ2) is 12.5. The minimum absolute atomic E-state index is 0.0362. The molecule has 0 saturated carbocycles. The molecule has 1 atom stereocenters. The molecule has 1 aliphatic rings. The topological polar surface area (TPSA) is 120 Å². The smallest absolute Gasteiger partial charge is 0.491 e. The first-order valence-corrected chi connectivity index (χ1v) is 13.6. The Hall–Kier alpha value is -5.68. The summed E-state index contributed by atoms with van der Waals surface area (Å²) in [5, 5.41) is 0.422. The molecule has 1 fully saturated rings. The highest BCUT2D eigenvalue weighted by Gasteiger charge is 2.54. The van der Waals surface area contributed by atoms with Gasteiger partial charge in [0.05, 0.1) is 42.9 Å². The highest BCUT2D eigenvalue weighted by molar-refractivity contribution is 6.28. The van der Waals surface area contributed by atoms with Crippen molar-refractivity contribution < 1.29 is 64.1 Å². The molecule has 5 rings (SSSR count). The maximum Gasteiger partial charge on any atom is 0.491 e. The summed E-state index contributed by atoms with van der Waals surface area (Å²) in [5.41, 5.74) is -2.91. The third-order valence-electron chi connectivity index (χ3n) is 7.04. The van der Waals surface area contributed by atoms with Crippen LogP contribution < -0.4 is 24.0 Å². The summed E-state index contributed by atoms with van der Waals surface area (Å²) < 4.78 is 116. The van der Waals surface area contributed by atoms with E-state index in [0.717, 1.165) is 12.1 Å². The number of rotatable bonds is 8.